The highest BCUT2D eigenvalue weighted by Crippen LogP contribution is 2.18. The van der Waals surface area contributed by atoms with E-state index >= 15 is 0 Å². The smallest absolute Gasteiger partial charge is 0.236 e. The zero-order valence-electron chi connectivity index (χ0n) is 10.8. The molecule has 0 saturated carbocycles. The van der Waals surface area contributed by atoms with Gasteiger partial charge < -0.3 is 0 Å². The van der Waals surface area contributed by atoms with E-state index in [9.17, 15) is 4.79 Å². The van der Waals surface area contributed by atoms with Gasteiger partial charge in [-0.1, -0.05) is 47.1 Å². The first kappa shape index (κ1) is 14.3. The molecule has 0 radical (unpaired) electrons. The minimum atomic E-state index is 0. The van der Waals surface area contributed by atoms with Crippen molar-refractivity contribution in [2.45, 2.75) is 6.54 Å². The van der Waals surface area contributed by atoms with Gasteiger partial charge in [-0.2, -0.15) is 0 Å². The van der Waals surface area contributed by atoms with Crippen LogP contribution in [-0.4, -0.2) is 10.9 Å². The Hall–Kier alpha value is -2.07. The third-order valence-corrected chi connectivity index (χ3v) is 3.07. The molecule has 0 aliphatic carbocycles. The van der Waals surface area contributed by atoms with Crippen molar-refractivity contribution in [2.75, 3.05) is 0 Å². The first-order valence-corrected chi connectivity index (χ1v) is 6.16. The maximum atomic E-state index is 12.4. The van der Waals surface area contributed by atoms with Gasteiger partial charge in [0.25, 0.3) is 0 Å². The van der Waals surface area contributed by atoms with E-state index in [2.05, 4.69) is 5.10 Å². The monoisotopic (exact) mass is 329 g/mol. The number of aromatic nitrogens is 2. The third kappa shape index (κ3) is 2.91. The molecule has 4 heteroatoms. The highest BCUT2D eigenvalue weighted by Gasteiger charge is 2.15. The number of ketones is 1. The average Bonchev–Trinajstić information content (AvgIpc) is 2.47. The number of carbonyl (C=O) groups excluding carboxylic acids is 1. The summed E-state index contributed by atoms with van der Waals surface area (Å²) < 4.78 is 1.64. The normalized spacial score (nSPS) is 10.0. The Morgan fingerprint density at radius 2 is 1.80 bits per heavy atom. The van der Waals surface area contributed by atoms with Crippen LogP contribution in [-0.2, 0) is 6.54 Å². The SMILES string of the molecule is Br.O=C(C[n+]1ccccn1)c1cccc2ccccc12. The summed E-state index contributed by atoms with van der Waals surface area (Å²) >= 11 is 0. The second-order valence-corrected chi connectivity index (χ2v) is 4.35. The Kier molecular flexibility index (Phi) is 4.58. The van der Waals surface area contributed by atoms with Gasteiger partial charge in [-0.15, -0.1) is 17.0 Å². The maximum absolute atomic E-state index is 12.4. The molecule has 1 heterocycles. The van der Waals surface area contributed by atoms with Crippen LogP contribution in [0.2, 0.25) is 0 Å². The van der Waals surface area contributed by atoms with Gasteiger partial charge in [0.15, 0.2) is 6.20 Å². The quantitative estimate of drug-likeness (QED) is 0.546. The van der Waals surface area contributed by atoms with E-state index in [-0.39, 0.29) is 29.3 Å². The molecule has 0 atom stereocenters. The summed E-state index contributed by atoms with van der Waals surface area (Å²) in [6.07, 6.45) is 3.47. The molecule has 3 nitrogen and oxygen atoms in total. The maximum Gasteiger partial charge on any atom is 0.236 e. The molecule has 0 saturated heterocycles. The molecule has 20 heavy (non-hydrogen) atoms. The Bertz CT molecular complexity index is 723. The van der Waals surface area contributed by atoms with Gasteiger partial charge in [-0.05, 0) is 21.9 Å². The minimum absolute atomic E-state index is 0. The zero-order valence-corrected chi connectivity index (χ0v) is 12.5. The Morgan fingerprint density at radius 3 is 2.60 bits per heavy atom. The molecule has 3 rings (SSSR count). The average molecular weight is 330 g/mol. The fourth-order valence-corrected chi connectivity index (χ4v) is 2.16. The molecule has 100 valence electrons. The van der Waals surface area contributed by atoms with Crippen LogP contribution in [0.4, 0.5) is 0 Å². The number of carbonyl (C=O) groups is 1. The van der Waals surface area contributed by atoms with Crippen molar-refractivity contribution in [3.8, 4) is 0 Å². The fourth-order valence-electron chi connectivity index (χ4n) is 2.16. The summed E-state index contributed by atoms with van der Waals surface area (Å²) in [5.41, 5.74) is 0.747. The van der Waals surface area contributed by atoms with Crippen LogP contribution in [0.5, 0.6) is 0 Å². The Balaban J connectivity index is 0.00000147. The number of benzene rings is 2. The molecule has 0 fully saturated rings. The van der Waals surface area contributed by atoms with Gasteiger partial charge >= 0.3 is 0 Å². The molecular weight excluding hydrogens is 316 g/mol. The first-order valence-electron chi connectivity index (χ1n) is 6.16. The summed E-state index contributed by atoms with van der Waals surface area (Å²) in [4.78, 5) is 12.4. The number of fused-ring (bicyclic) bond motifs is 1. The van der Waals surface area contributed by atoms with Crippen LogP contribution in [0.25, 0.3) is 10.8 Å². The van der Waals surface area contributed by atoms with Crippen molar-refractivity contribution in [3.05, 3.63) is 72.6 Å². The van der Waals surface area contributed by atoms with E-state index in [0.717, 1.165) is 16.3 Å². The lowest BCUT2D eigenvalue weighted by Crippen LogP contribution is -2.40. The van der Waals surface area contributed by atoms with Gasteiger partial charge in [-0.25, -0.2) is 0 Å². The lowest BCUT2D eigenvalue weighted by atomic mass is 10.0. The van der Waals surface area contributed by atoms with Crippen LogP contribution in [0.3, 0.4) is 0 Å². The van der Waals surface area contributed by atoms with Crippen molar-refractivity contribution in [1.82, 2.24) is 5.10 Å². The van der Waals surface area contributed by atoms with Crippen molar-refractivity contribution >= 4 is 33.5 Å². The second-order valence-electron chi connectivity index (χ2n) is 4.35. The Morgan fingerprint density at radius 1 is 1.00 bits per heavy atom. The van der Waals surface area contributed by atoms with E-state index in [0.29, 0.717) is 0 Å². The predicted molar refractivity (Wildman–Crippen MR) is 83.0 cm³/mol. The van der Waals surface area contributed by atoms with Gasteiger partial charge in [0.1, 0.15) is 0 Å². The number of Topliss-reactive ketones (excluding diaryl/α,β-unsaturated/α-hetero) is 1. The predicted octanol–water partition coefficient (Wildman–Crippen LogP) is 2.98. The van der Waals surface area contributed by atoms with Gasteiger partial charge in [-0.3, -0.25) is 4.79 Å². The standard InChI is InChI=1S/C16H13N2O.BrH/c19-16(12-18-11-4-3-10-17-18)15-9-5-7-13-6-1-2-8-14(13)15;/h1-11H,12H2;1H/q+1;. The summed E-state index contributed by atoms with van der Waals surface area (Å²) in [5.74, 6) is 0.0699. The molecule has 1 aromatic heterocycles. The molecule has 0 aliphatic rings. The molecule has 2 aromatic carbocycles. The molecule has 0 amide bonds. The van der Waals surface area contributed by atoms with Crippen LogP contribution in [0, 0.1) is 0 Å². The molecule has 3 aromatic rings. The molecule has 0 unspecified atom stereocenters. The van der Waals surface area contributed by atoms with Crippen LogP contribution in [0.1, 0.15) is 10.4 Å². The summed E-state index contributed by atoms with van der Waals surface area (Å²) in [7, 11) is 0. The first-order chi connectivity index (χ1) is 9.34. The van der Waals surface area contributed by atoms with Crippen molar-refractivity contribution in [3.63, 3.8) is 0 Å². The molecule has 0 N–H and O–H groups in total. The molecule has 0 bridgehead atoms. The van der Waals surface area contributed by atoms with E-state index in [1.807, 2.05) is 54.6 Å². The largest absolute Gasteiger partial charge is 0.287 e. The third-order valence-electron chi connectivity index (χ3n) is 3.07. The topological polar surface area (TPSA) is 33.8 Å². The number of hydrogen-bond acceptors (Lipinski definition) is 2. The number of nitrogens with zero attached hydrogens (tertiary/aromatic N) is 2. The van der Waals surface area contributed by atoms with Crippen LogP contribution >= 0.6 is 17.0 Å². The van der Waals surface area contributed by atoms with Gasteiger partial charge in [0.2, 0.25) is 12.3 Å². The molecule has 0 spiro atoms. The highest BCUT2D eigenvalue weighted by atomic mass is 79.9. The fraction of sp³-hybridized carbons (Fsp3) is 0.0625. The lowest BCUT2D eigenvalue weighted by molar-refractivity contribution is -0.741. The van der Waals surface area contributed by atoms with Crippen molar-refractivity contribution < 1.29 is 9.48 Å². The van der Waals surface area contributed by atoms with Crippen LogP contribution in [0.15, 0.2) is 67.0 Å². The van der Waals surface area contributed by atoms with E-state index in [1.165, 1.54) is 0 Å². The second kappa shape index (κ2) is 6.39. The lowest BCUT2D eigenvalue weighted by Gasteiger charge is -2.03. The molecular formula is C16H14BrN2O+. The number of halogens is 1. The zero-order chi connectivity index (χ0) is 13.1. The van der Waals surface area contributed by atoms with Crippen LogP contribution < -0.4 is 4.68 Å². The van der Waals surface area contributed by atoms with Crippen molar-refractivity contribution in [2.24, 2.45) is 0 Å². The van der Waals surface area contributed by atoms with Gasteiger partial charge in [0, 0.05) is 11.6 Å². The molecule has 0 aliphatic heterocycles. The summed E-state index contributed by atoms with van der Waals surface area (Å²) in [6, 6.07) is 17.4. The van der Waals surface area contributed by atoms with E-state index in [4.69, 9.17) is 0 Å². The Labute approximate surface area is 127 Å². The number of hydrogen-bond donors (Lipinski definition) is 0. The van der Waals surface area contributed by atoms with E-state index in [1.54, 1.807) is 17.1 Å². The summed E-state index contributed by atoms with van der Waals surface area (Å²) in [5, 5.41) is 6.20. The number of rotatable bonds is 3. The van der Waals surface area contributed by atoms with E-state index < -0.39 is 0 Å². The minimum Gasteiger partial charge on any atom is -0.287 e. The van der Waals surface area contributed by atoms with Gasteiger partial charge in [0.05, 0.1) is 6.20 Å². The highest BCUT2D eigenvalue weighted by molar-refractivity contribution is 8.93. The van der Waals surface area contributed by atoms with Crippen molar-refractivity contribution in [1.29, 1.82) is 0 Å². The summed E-state index contributed by atoms with van der Waals surface area (Å²) in [6.45, 7) is 0.259.